The van der Waals surface area contributed by atoms with Gasteiger partial charge in [0, 0.05) is 6.04 Å². The van der Waals surface area contributed by atoms with Crippen molar-refractivity contribution in [1.82, 2.24) is 0 Å². The van der Waals surface area contributed by atoms with Gasteiger partial charge in [-0.1, -0.05) is 32.4 Å². The number of rotatable bonds is 4. The van der Waals surface area contributed by atoms with E-state index in [1.165, 1.54) is 25.7 Å². The van der Waals surface area contributed by atoms with Crippen LogP contribution in [-0.4, -0.2) is 12.1 Å². The summed E-state index contributed by atoms with van der Waals surface area (Å²) >= 11 is 0. The van der Waals surface area contributed by atoms with E-state index >= 15 is 0 Å². The van der Waals surface area contributed by atoms with E-state index in [4.69, 9.17) is 4.74 Å². The second-order valence-corrected chi connectivity index (χ2v) is 6.76. The molecule has 0 heterocycles. The Labute approximate surface area is 117 Å². The van der Waals surface area contributed by atoms with Crippen molar-refractivity contribution in [3.63, 3.8) is 0 Å². The third-order valence-corrected chi connectivity index (χ3v) is 3.81. The van der Waals surface area contributed by atoms with Crippen LogP contribution in [-0.2, 0) is 0 Å². The molecule has 1 unspecified atom stereocenters. The second kappa shape index (κ2) is 5.85. The first-order valence-electron chi connectivity index (χ1n) is 7.48. The van der Waals surface area contributed by atoms with Crippen molar-refractivity contribution < 1.29 is 4.74 Å². The molecule has 0 bridgehead atoms. The fourth-order valence-electron chi connectivity index (χ4n) is 2.98. The van der Waals surface area contributed by atoms with E-state index in [2.05, 4.69) is 51.2 Å². The topological polar surface area (TPSA) is 21.3 Å². The molecule has 0 radical (unpaired) electrons. The van der Waals surface area contributed by atoms with E-state index < -0.39 is 0 Å². The van der Waals surface area contributed by atoms with Gasteiger partial charge in [-0.2, -0.15) is 0 Å². The first kappa shape index (κ1) is 14.2. The van der Waals surface area contributed by atoms with Gasteiger partial charge in [0.1, 0.15) is 5.75 Å². The van der Waals surface area contributed by atoms with Gasteiger partial charge in [-0.15, -0.1) is 0 Å². The molecule has 0 aliphatic heterocycles. The molecule has 0 amide bonds. The van der Waals surface area contributed by atoms with Crippen molar-refractivity contribution in [3.05, 3.63) is 24.3 Å². The summed E-state index contributed by atoms with van der Waals surface area (Å²) in [4.78, 5) is 0. The number of hydrogen-bond donors (Lipinski definition) is 1. The molecule has 0 aromatic heterocycles. The highest BCUT2D eigenvalue weighted by Gasteiger charge is 2.28. The summed E-state index contributed by atoms with van der Waals surface area (Å²) in [6.07, 6.45) is 5.38. The molecule has 2 nitrogen and oxygen atoms in total. The van der Waals surface area contributed by atoms with Crippen LogP contribution in [0.5, 0.6) is 5.75 Å². The molecular formula is C17H27NO. The SMILES string of the molecule is CC(C)Oc1ccccc1NC1CCCC(C)(C)C1. The molecule has 2 heteroatoms. The molecule has 1 aromatic carbocycles. The summed E-state index contributed by atoms with van der Waals surface area (Å²) in [5.74, 6) is 0.973. The minimum absolute atomic E-state index is 0.214. The Hall–Kier alpha value is -1.18. The van der Waals surface area contributed by atoms with Crippen LogP contribution in [0.1, 0.15) is 53.4 Å². The van der Waals surface area contributed by atoms with Gasteiger partial charge < -0.3 is 10.1 Å². The molecule has 1 N–H and O–H groups in total. The van der Waals surface area contributed by atoms with E-state index in [0.29, 0.717) is 11.5 Å². The van der Waals surface area contributed by atoms with Crippen molar-refractivity contribution in [2.75, 3.05) is 5.32 Å². The number of anilines is 1. The zero-order valence-corrected chi connectivity index (χ0v) is 12.7. The highest BCUT2D eigenvalue weighted by Crippen LogP contribution is 2.37. The van der Waals surface area contributed by atoms with Crippen molar-refractivity contribution in [3.8, 4) is 5.75 Å². The van der Waals surface area contributed by atoms with Gasteiger partial charge in [-0.3, -0.25) is 0 Å². The largest absolute Gasteiger partial charge is 0.489 e. The molecule has 2 rings (SSSR count). The number of benzene rings is 1. The fourth-order valence-corrected chi connectivity index (χ4v) is 2.98. The van der Waals surface area contributed by atoms with Crippen LogP contribution in [0, 0.1) is 5.41 Å². The van der Waals surface area contributed by atoms with Gasteiger partial charge in [0.05, 0.1) is 11.8 Å². The summed E-state index contributed by atoms with van der Waals surface area (Å²) < 4.78 is 5.88. The fraction of sp³-hybridized carbons (Fsp3) is 0.647. The summed E-state index contributed by atoms with van der Waals surface area (Å²) in [6.45, 7) is 8.88. The molecule has 1 atom stereocenters. The highest BCUT2D eigenvalue weighted by atomic mass is 16.5. The van der Waals surface area contributed by atoms with Gasteiger partial charge in [0.15, 0.2) is 0 Å². The quantitative estimate of drug-likeness (QED) is 0.836. The van der Waals surface area contributed by atoms with Crippen LogP contribution >= 0.6 is 0 Å². The van der Waals surface area contributed by atoms with Gasteiger partial charge in [-0.25, -0.2) is 0 Å². The lowest BCUT2D eigenvalue weighted by molar-refractivity contribution is 0.226. The van der Waals surface area contributed by atoms with Gasteiger partial charge >= 0.3 is 0 Å². The molecule has 1 aliphatic rings. The summed E-state index contributed by atoms with van der Waals surface area (Å²) in [5, 5.41) is 3.69. The van der Waals surface area contributed by atoms with Crippen LogP contribution in [0.25, 0.3) is 0 Å². The first-order chi connectivity index (χ1) is 8.96. The third kappa shape index (κ3) is 4.15. The number of nitrogens with one attached hydrogen (secondary N) is 1. The minimum atomic E-state index is 0.214. The maximum absolute atomic E-state index is 5.88. The lowest BCUT2D eigenvalue weighted by Crippen LogP contribution is -2.31. The maximum atomic E-state index is 5.88. The number of hydrogen-bond acceptors (Lipinski definition) is 2. The maximum Gasteiger partial charge on any atom is 0.142 e. The van der Waals surface area contributed by atoms with Crippen molar-refractivity contribution in [2.24, 2.45) is 5.41 Å². The Morgan fingerprint density at radius 1 is 1.26 bits per heavy atom. The predicted octanol–water partition coefficient (Wildman–Crippen LogP) is 4.85. The lowest BCUT2D eigenvalue weighted by atomic mass is 9.75. The van der Waals surface area contributed by atoms with Gasteiger partial charge in [0.25, 0.3) is 0 Å². The second-order valence-electron chi connectivity index (χ2n) is 6.76. The Balaban J connectivity index is 2.06. The van der Waals surface area contributed by atoms with Crippen molar-refractivity contribution in [1.29, 1.82) is 0 Å². The average Bonchev–Trinajstić information content (AvgIpc) is 2.30. The molecule has 1 fully saturated rings. The van der Waals surface area contributed by atoms with Crippen LogP contribution < -0.4 is 10.1 Å². The average molecular weight is 261 g/mol. The molecule has 0 spiro atoms. The molecule has 19 heavy (non-hydrogen) atoms. The van der Waals surface area contributed by atoms with E-state index in [-0.39, 0.29) is 6.10 Å². The van der Waals surface area contributed by atoms with E-state index in [0.717, 1.165) is 11.4 Å². The Morgan fingerprint density at radius 2 is 2.00 bits per heavy atom. The van der Waals surface area contributed by atoms with E-state index in [1.54, 1.807) is 0 Å². The molecule has 1 aliphatic carbocycles. The smallest absolute Gasteiger partial charge is 0.142 e. The highest BCUT2D eigenvalue weighted by molar-refractivity contribution is 5.56. The van der Waals surface area contributed by atoms with Crippen molar-refractivity contribution in [2.45, 2.75) is 65.5 Å². The summed E-state index contributed by atoms with van der Waals surface area (Å²) in [5.41, 5.74) is 1.60. The molecule has 0 saturated heterocycles. The first-order valence-corrected chi connectivity index (χ1v) is 7.48. The predicted molar refractivity (Wildman–Crippen MR) is 81.9 cm³/mol. The van der Waals surface area contributed by atoms with E-state index in [1.807, 2.05) is 6.07 Å². The third-order valence-electron chi connectivity index (χ3n) is 3.81. The number of para-hydroxylation sites is 2. The Bertz CT molecular complexity index is 411. The Kier molecular flexibility index (Phi) is 4.38. The van der Waals surface area contributed by atoms with Crippen molar-refractivity contribution >= 4 is 5.69 Å². The van der Waals surface area contributed by atoms with Crippen LogP contribution in [0.15, 0.2) is 24.3 Å². The zero-order valence-electron chi connectivity index (χ0n) is 12.7. The molecule has 1 aromatic rings. The zero-order chi connectivity index (χ0) is 13.9. The van der Waals surface area contributed by atoms with Crippen LogP contribution in [0.4, 0.5) is 5.69 Å². The lowest BCUT2D eigenvalue weighted by Gasteiger charge is -2.36. The Morgan fingerprint density at radius 3 is 2.68 bits per heavy atom. The van der Waals surface area contributed by atoms with Gasteiger partial charge in [-0.05, 0) is 50.7 Å². The monoisotopic (exact) mass is 261 g/mol. The molecule has 106 valence electrons. The summed E-state index contributed by atoms with van der Waals surface area (Å²) in [7, 11) is 0. The summed E-state index contributed by atoms with van der Waals surface area (Å²) in [6, 6.07) is 8.85. The van der Waals surface area contributed by atoms with E-state index in [9.17, 15) is 0 Å². The standard InChI is InChI=1S/C17H27NO/c1-13(2)19-16-10-6-5-9-15(16)18-14-8-7-11-17(3,4)12-14/h5-6,9-10,13-14,18H,7-8,11-12H2,1-4H3. The van der Waals surface area contributed by atoms with Gasteiger partial charge in [0.2, 0.25) is 0 Å². The molecular weight excluding hydrogens is 234 g/mol. The van der Waals surface area contributed by atoms with Crippen LogP contribution in [0.3, 0.4) is 0 Å². The van der Waals surface area contributed by atoms with Crippen LogP contribution in [0.2, 0.25) is 0 Å². The number of ether oxygens (including phenoxy) is 1. The minimum Gasteiger partial charge on any atom is -0.489 e. The molecule has 1 saturated carbocycles. The normalized spacial score (nSPS) is 22.3.